The predicted molar refractivity (Wildman–Crippen MR) is 111 cm³/mol. The molecule has 0 unspecified atom stereocenters. The van der Waals surface area contributed by atoms with Crippen LogP contribution in [0.15, 0.2) is 30.3 Å². The Morgan fingerprint density at radius 1 is 1.07 bits per heavy atom. The average molecular weight is 411 g/mol. The average Bonchev–Trinajstić information content (AvgIpc) is 3.19. The number of nitrogens with one attached hydrogen (secondary N) is 1. The molecule has 150 valence electrons. The minimum Gasteiger partial charge on any atom is -0.355 e. The zero-order valence-electron chi connectivity index (χ0n) is 15.8. The molecule has 0 atom stereocenters. The molecule has 0 radical (unpaired) electrons. The Balaban J connectivity index is 1.38. The van der Waals surface area contributed by atoms with Crippen molar-refractivity contribution in [3.8, 4) is 0 Å². The topological polar surface area (TPSA) is 66.5 Å². The number of piperidine rings is 1. The smallest absolute Gasteiger partial charge is 0.223 e. The first-order valence-electron chi connectivity index (χ1n) is 9.95. The largest absolute Gasteiger partial charge is 0.355 e. The molecule has 2 aliphatic rings. The van der Waals surface area contributed by atoms with Gasteiger partial charge >= 0.3 is 0 Å². The first kappa shape index (κ1) is 20.7. The number of amides is 1. The molecule has 1 N–H and O–H groups in total. The van der Waals surface area contributed by atoms with Crippen LogP contribution in [0.5, 0.6) is 0 Å². The van der Waals surface area contributed by atoms with Gasteiger partial charge in [0.05, 0.1) is 5.75 Å². The lowest BCUT2D eigenvalue weighted by atomic mass is 9.97. The molecule has 5 nitrogen and oxygen atoms in total. The van der Waals surface area contributed by atoms with Gasteiger partial charge in [0, 0.05) is 36.6 Å². The Kier molecular flexibility index (Phi) is 7.61. The number of thioether (sulfide) groups is 1. The van der Waals surface area contributed by atoms with Crippen LogP contribution < -0.4 is 5.32 Å². The van der Waals surface area contributed by atoms with Gasteiger partial charge in [0.15, 0.2) is 0 Å². The second-order valence-electron chi connectivity index (χ2n) is 7.48. The lowest BCUT2D eigenvalue weighted by molar-refractivity contribution is -0.125. The molecule has 1 saturated heterocycles. The number of carbonyl (C=O) groups excluding carboxylic acids is 1. The Hall–Kier alpha value is -1.05. The number of carbonyl (C=O) groups is 1. The van der Waals surface area contributed by atoms with Crippen LogP contribution in [0.25, 0.3) is 0 Å². The van der Waals surface area contributed by atoms with E-state index in [4.69, 9.17) is 0 Å². The number of sulfonamides is 1. The Morgan fingerprint density at radius 2 is 1.74 bits per heavy atom. The molecule has 1 amide bonds. The highest BCUT2D eigenvalue weighted by Gasteiger charge is 2.31. The van der Waals surface area contributed by atoms with Gasteiger partial charge in [-0.3, -0.25) is 4.79 Å². The third-order valence-corrected chi connectivity index (χ3v) is 8.70. The van der Waals surface area contributed by atoms with Crippen LogP contribution in [0.1, 0.15) is 44.1 Å². The zero-order chi connectivity index (χ0) is 19.1. The van der Waals surface area contributed by atoms with E-state index in [9.17, 15) is 13.2 Å². The zero-order valence-corrected chi connectivity index (χ0v) is 17.4. The van der Waals surface area contributed by atoms with Gasteiger partial charge in [0.25, 0.3) is 0 Å². The Bertz CT molecular complexity index is 695. The summed E-state index contributed by atoms with van der Waals surface area (Å²) < 4.78 is 26.7. The van der Waals surface area contributed by atoms with Crippen LogP contribution in [0.4, 0.5) is 0 Å². The SMILES string of the molecule is O=C(NCCSC1CCCC1)C1CCN(S(=O)(=O)Cc2ccccc2)CC1. The lowest BCUT2D eigenvalue weighted by Crippen LogP contribution is -2.43. The van der Waals surface area contributed by atoms with E-state index in [0.29, 0.717) is 32.5 Å². The van der Waals surface area contributed by atoms with E-state index >= 15 is 0 Å². The van der Waals surface area contributed by atoms with Crippen LogP contribution in [-0.4, -0.2) is 49.3 Å². The first-order valence-corrected chi connectivity index (χ1v) is 12.6. The normalized spacial score (nSPS) is 20.0. The van der Waals surface area contributed by atoms with E-state index in [2.05, 4.69) is 5.32 Å². The third kappa shape index (κ3) is 6.22. The van der Waals surface area contributed by atoms with Gasteiger partial charge in [-0.05, 0) is 31.2 Å². The standard InChI is InChI=1S/C20H30N2O3S2/c23-20(21-12-15-26-19-8-4-5-9-19)18-10-13-22(14-11-18)27(24,25)16-17-6-2-1-3-7-17/h1-3,6-7,18-19H,4-5,8-16H2,(H,21,23). The summed E-state index contributed by atoms with van der Waals surface area (Å²) in [5.74, 6) is 1.02. The van der Waals surface area contributed by atoms with Gasteiger partial charge in [-0.25, -0.2) is 12.7 Å². The van der Waals surface area contributed by atoms with E-state index in [1.54, 1.807) is 4.31 Å². The van der Waals surface area contributed by atoms with Crippen LogP contribution in [0.2, 0.25) is 0 Å². The predicted octanol–water partition coefficient (Wildman–Crippen LogP) is 3.02. The maximum atomic E-state index is 12.6. The fourth-order valence-electron chi connectivity index (χ4n) is 3.87. The summed E-state index contributed by atoms with van der Waals surface area (Å²) in [4.78, 5) is 12.4. The second kappa shape index (κ2) is 9.94. The van der Waals surface area contributed by atoms with Crippen molar-refractivity contribution in [2.45, 2.75) is 49.5 Å². The fraction of sp³-hybridized carbons (Fsp3) is 0.650. The molecular formula is C20H30N2O3S2. The highest BCUT2D eigenvalue weighted by atomic mass is 32.2. The van der Waals surface area contributed by atoms with Crippen molar-refractivity contribution in [2.75, 3.05) is 25.4 Å². The lowest BCUT2D eigenvalue weighted by Gasteiger charge is -2.30. The number of benzene rings is 1. The summed E-state index contributed by atoms with van der Waals surface area (Å²) in [6, 6.07) is 9.26. The number of rotatable bonds is 8. The molecule has 1 saturated carbocycles. The van der Waals surface area contributed by atoms with Crippen molar-refractivity contribution in [3.05, 3.63) is 35.9 Å². The number of hydrogen-bond acceptors (Lipinski definition) is 4. The van der Waals surface area contributed by atoms with Crippen molar-refractivity contribution in [2.24, 2.45) is 5.92 Å². The van der Waals surface area contributed by atoms with Gasteiger partial charge in [-0.2, -0.15) is 11.8 Å². The van der Waals surface area contributed by atoms with E-state index in [-0.39, 0.29) is 17.6 Å². The van der Waals surface area contributed by atoms with Crippen LogP contribution in [0, 0.1) is 5.92 Å². The molecule has 0 aromatic heterocycles. The molecule has 1 aliphatic carbocycles. The van der Waals surface area contributed by atoms with Gasteiger partial charge in [0.1, 0.15) is 0 Å². The van der Waals surface area contributed by atoms with Crippen LogP contribution in [-0.2, 0) is 20.6 Å². The maximum absolute atomic E-state index is 12.6. The summed E-state index contributed by atoms with van der Waals surface area (Å²) in [5, 5.41) is 3.82. The minimum atomic E-state index is -3.32. The molecule has 3 rings (SSSR count). The van der Waals surface area contributed by atoms with Gasteiger partial charge in [-0.15, -0.1) is 0 Å². The van der Waals surface area contributed by atoms with Crippen molar-refractivity contribution in [1.82, 2.24) is 9.62 Å². The highest BCUT2D eigenvalue weighted by Crippen LogP contribution is 2.29. The van der Waals surface area contributed by atoms with Crippen molar-refractivity contribution < 1.29 is 13.2 Å². The van der Waals surface area contributed by atoms with Crippen LogP contribution in [0.3, 0.4) is 0 Å². The summed E-state index contributed by atoms with van der Waals surface area (Å²) in [6.07, 6.45) is 6.53. The molecule has 0 spiro atoms. The molecule has 7 heteroatoms. The number of nitrogens with zero attached hydrogens (tertiary/aromatic N) is 1. The van der Waals surface area contributed by atoms with Gasteiger partial charge in [0.2, 0.25) is 15.9 Å². The third-order valence-electron chi connectivity index (χ3n) is 5.47. The molecule has 27 heavy (non-hydrogen) atoms. The molecule has 0 bridgehead atoms. The van der Waals surface area contributed by atoms with Crippen molar-refractivity contribution in [3.63, 3.8) is 0 Å². The van der Waals surface area contributed by atoms with Crippen LogP contribution >= 0.6 is 11.8 Å². The molecule has 1 aliphatic heterocycles. The van der Waals surface area contributed by atoms with Crippen molar-refractivity contribution >= 4 is 27.7 Å². The summed E-state index contributed by atoms with van der Waals surface area (Å²) in [5.41, 5.74) is 0.803. The molecular weight excluding hydrogens is 380 g/mol. The molecule has 1 aromatic carbocycles. The van der Waals surface area contributed by atoms with Gasteiger partial charge < -0.3 is 5.32 Å². The highest BCUT2D eigenvalue weighted by molar-refractivity contribution is 7.99. The van der Waals surface area contributed by atoms with Crippen molar-refractivity contribution in [1.29, 1.82) is 0 Å². The maximum Gasteiger partial charge on any atom is 0.223 e. The summed E-state index contributed by atoms with van der Waals surface area (Å²) in [6.45, 7) is 1.58. The van der Waals surface area contributed by atoms with E-state index < -0.39 is 10.0 Å². The fourth-order valence-corrected chi connectivity index (χ4v) is 6.65. The van der Waals surface area contributed by atoms with E-state index in [1.165, 1.54) is 25.7 Å². The second-order valence-corrected chi connectivity index (χ2v) is 10.9. The summed E-state index contributed by atoms with van der Waals surface area (Å²) >= 11 is 1.98. The molecule has 1 heterocycles. The van der Waals surface area contributed by atoms with E-state index in [0.717, 1.165) is 16.6 Å². The monoisotopic (exact) mass is 410 g/mol. The van der Waals surface area contributed by atoms with E-state index in [1.807, 2.05) is 42.1 Å². The molecule has 2 fully saturated rings. The number of hydrogen-bond donors (Lipinski definition) is 1. The summed E-state index contributed by atoms with van der Waals surface area (Å²) in [7, 11) is -3.32. The Labute approximate surface area is 167 Å². The molecule has 1 aromatic rings. The Morgan fingerprint density at radius 3 is 2.41 bits per heavy atom. The van der Waals surface area contributed by atoms with Gasteiger partial charge in [-0.1, -0.05) is 43.2 Å². The minimum absolute atomic E-state index is 0.0308. The quantitative estimate of drug-likeness (QED) is 0.669. The first-order chi connectivity index (χ1) is 13.0.